The first kappa shape index (κ1) is 20.5. The number of ether oxygens (including phenoxy) is 2. The number of aryl methyl sites for hydroxylation is 1. The molecule has 1 heterocycles. The fourth-order valence-corrected chi connectivity index (χ4v) is 2.76. The van der Waals surface area contributed by atoms with E-state index in [4.69, 9.17) is 9.47 Å². The van der Waals surface area contributed by atoms with Crippen molar-refractivity contribution in [1.29, 1.82) is 0 Å². The molecular formula is C23H23FN2O3. The Balaban J connectivity index is 1.67. The largest absolute Gasteiger partial charge is 0.494 e. The molecule has 0 aliphatic heterocycles. The molecule has 0 aliphatic rings. The van der Waals surface area contributed by atoms with Gasteiger partial charge in [-0.1, -0.05) is 44.5 Å². The van der Waals surface area contributed by atoms with Crippen LogP contribution in [0.4, 0.5) is 4.39 Å². The highest BCUT2D eigenvalue weighted by Crippen LogP contribution is 2.21. The van der Waals surface area contributed by atoms with Crippen LogP contribution in [0, 0.1) is 5.82 Å². The van der Waals surface area contributed by atoms with Crippen molar-refractivity contribution in [2.24, 2.45) is 0 Å². The van der Waals surface area contributed by atoms with Gasteiger partial charge in [0.15, 0.2) is 11.6 Å². The molecule has 29 heavy (non-hydrogen) atoms. The summed E-state index contributed by atoms with van der Waals surface area (Å²) in [6, 6.07) is 12.1. The van der Waals surface area contributed by atoms with E-state index in [9.17, 15) is 9.18 Å². The van der Waals surface area contributed by atoms with E-state index in [2.05, 4.69) is 16.9 Å². The van der Waals surface area contributed by atoms with Crippen molar-refractivity contribution in [2.45, 2.75) is 33.1 Å². The minimum atomic E-state index is -0.815. The average Bonchev–Trinajstić information content (AvgIpc) is 2.73. The Kier molecular flexibility index (Phi) is 6.89. The van der Waals surface area contributed by atoms with Crippen molar-refractivity contribution in [2.75, 3.05) is 6.61 Å². The van der Waals surface area contributed by atoms with Gasteiger partial charge in [-0.25, -0.2) is 19.2 Å². The molecular weight excluding hydrogens is 371 g/mol. The number of halogens is 1. The molecule has 5 nitrogen and oxygen atoms in total. The van der Waals surface area contributed by atoms with Gasteiger partial charge in [0.25, 0.3) is 0 Å². The normalized spacial score (nSPS) is 10.6. The van der Waals surface area contributed by atoms with Gasteiger partial charge in [0.05, 0.1) is 24.6 Å². The maximum atomic E-state index is 14.2. The molecule has 0 unspecified atom stereocenters. The molecule has 6 heteroatoms. The summed E-state index contributed by atoms with van der Waals surface area (Å²) < 4.78 is 24.7. The number of rotatable bonds is 8. The lowest BCUT2D eigenvalue weighted by molar-refractivity contribution is 0.0728. The zero-order valence-corrected chi connectivity index (χ0v) is 16.5. The van der Waals surface area contributed by atoms with Gasteiger partial charge in [-0.2, -0.15) is 0 Å². The van der Waals surface area contributed by atoms with E-state index >= 15 is 0 Å². The maximum absolute atomic E-state index is 14.2. The summed E-state index contributed by atoms with van der Waals surface area (Å²) in [6.45, 7) is 4.57. The summed E-state index contributed by atoms with van der Waals surface area (Å²) in [7, 11) is 0. The van der Waals surface area contributed by atoms with Crippen molar-refractivity contribution in [1.82, 2.24) is 9.97 Å². The van der Waals surface area contributed by atoms with Gasteiger partial charge >= 0.3 is 5.97 Å². The Labute approximate surface area is 169 Å². The Morgan fingerprint density at radius 3 is 2.31 bits per heavy atom. The second-order valence-electron chi connectivity index (χ2n) is 6.57. The van der Waals surface area contributed by atoms with Crippen LogP contribution in [0.1, 0.15) is 42.6 Å². The third-order valence-corrected chi connectivity index (χ3v) is 4.22. The number of nitrogens with zero attached hydrogens (tertiary/aromatic N) is 2. The van der Waals surface area contributed by atoms with E-state index < -0.39 is 11.8 Å². The lowest BCUT2D eigenvalue weighted by Crippen LogP contribution is -2.11. The van der Waals surface area contributed by atoms with Crippen molar-refractivity contribution < 1.29 is 18.7 Å². The highest BCUT2D eigenvalue weighted by Gasteiger charge is 2.16. The van der Waals surface area contributed by atoms with Gasteiger partial charge in [0, 0.05) is 11.6 Å². The lowest BCUT2D eigenvalue weighted by Gasteiger charge is -2.08. The van der Waals surface area contributed by atoms with Crippen LogP contribution in [0.2, 0.25) is 0 Å². The summed E-state index contributed by atoms with van der Waals surface area (Å²) >= 11 is 0. The van der Waals surface area contributed by atoms with Crippen molar-refractivity contribution in [3.63, 3.8) is 0 Å². The molecule has 0 bridgehead atoms. The molecule has 150 valence electrons. The first-order chi connectivity index (χ1) is 14.1. The molecule has 0 atom stereocenters. The van der Waals surface area contributed by atoms with Gasteiger partial charge < -0.3 is 9.47 Å². The van der Waals surface area contributed by atoms with Crippen LogP contribution < -0.4 is 9.47 Å². The molecule has 0 fully saturated rings. The Morgan fingerprint density at radius 2 is 1.69 bits per heavy atom. The van der Waals surface area contributed by atoms with Gasteiger partial charge in [-0.05, 0) is 30.5 Å². The summed E-state index contributed by atoms with van der Waals surface area (Å²) in [6.07, 6.45) is 5.72. The summed E-state index contributed by atoms with van der Waals surface area (Å²) in [4.78, 5) is 20.7. The Hall–Kier alpha value is -3.28. The number of benzene rings is 2. The van der Waals surface area contributed by atoms with Crippen molar-refractivity contribution >= 4 is 5.97 Å². The van der Waals surface area contributed by atoms with Crippen molar-refractivity contribution in [3.8, 4) is 22.9 Å². The monoisotopic (exact) mass is 394 g/mol. The number of carbonyl (C=O) groups excluding carboxylic acids is 1. The Morgan fingerprint density at radius 1 is 0.966 bits per heavy atom. The Bertz CT molecular complexity index is 957. The first-order valence-corrected chi connectivity index (χ1v) is 9.66. The van der Waals surface area contributed by atoms with E-state index in [-0.39, 0.29) is 11.3 Å². The number of hydrogen-bond donors (Lipinski definition) is 0. The minimum absolute atomic E-state index is 0.145. The highest BCUT2D eigenvalue weighted by molar-refractivity contribution is 5.91. The number of carbonyl (C=O) groups is 1. The highest BCUT2D eigenvalue weighted by atomic mass is 19.1. The van der Waals surface area contributed by atoms with Crippen LogP contribution in [0.15, 0.2) is 54.9 Å². The second-order valence-corrected chi connectivity index (χ2v) is 6.57. The van der Waals surface area contributed by atoms with Gasteiger partial charge in [-0.3, -0.25) is 0 Å². The molecule has 0 N–H and O–H groups in total. The van der Waals surface area contributed by atoms with Crippen LogP contribution in [-0.2, 0) is 6.42 Å². The van der Waals surface area contributed by atoms with Crippen molar-refractivity contribution in [3.05, 3.63) is 71.8 Å². The predicted molar refractivity (Wildman–Crippen MR) is 109 cm³/mol. The summed E-state index contributed by atoms with van der Waals surface area (Å²) in [5.74, 6) is -0.472. The average molecular weight is 394 g/mol. The van der Waals surface area contributed by atoms with Crippen LogP contribution in [-0.4, -0.2) is 22.5 Å². The molecule has 0 saturated carbocycles. The predicted octanol–water partition coefficient (Wildman–Crippen LogP) is 5.24. The second kappa shape index (κ2) is 9.78. The van der Waals surface area contributed by atoms with Crippen LogP contribution in [0.3, 0.4) is 0 Å². The maximum Gasteiger partial charge on any atom is 0.346 e. The van der Waals surface area contributed by atoms with Gasteiger partial charge in [0.2, 0.25) is 0 Å². The first-order valence-electron chi connectivity index (χ1n) is 9.66. The minimum Gasteiger partial charge on any atom is -0.494 e. The van der Waals surface area contributed by atoms with Crippen LogP contribution >= 0.6 is 0 Å². The van der Waals surface area contributed by atoms with E-state index in [1.54, 1.807) is 0 Å². The van der Waals surface area contributed by atoms with E-state index in [1.807, 2.05) is 31.2 Å². The third kappa shape index (κ3) is 5.38. The van der Waals surface area contributed by atoms with E-state index in [0.29, 0.717) is 18.2 Å². The fraction of sp³-hybridized carbons (Fsp3) is 0.261. The topological polar surface area (TPSA) is 61.3 Å². The molecule has 0 spiro atoms. The molecule has 3 rings (SSSR count). The zero-order valence-electron chi connectivity index (χ0n) is 16.5. The third-order valence-electron chi connectivity index (χ3n) is 4.22. The number of esters is 1. The lowest BCUT2D eigenvalue weighted by atomic mass is 10.1. The number of aromatic nitrogens is 2. The summed E-state index contributed by atoms with van der Waals surface area (Å²) in [5, 5.41) is 0. The molecule has 0 saturated heterocycles. The SMILES string of the molecule is CCCOc1ccc(C(=O)Oc2cnc(-c3ccc(CCC)cc3)nc2)c(F)c1. The number of hydrogen-bond acceptors (Lipinski definition) is 5. The van der Waals surface area contributed by atoms with E-state index in [1.165, 1.54) is 36.2 Å². The molecule has 0 radical (unpaired) electrons. The summed E-state index contributed by atoms with van der Waals surface area (Å²) in [5.41, 5.74) is 1.95. The van der Waals surface area contributed by atoms with E-state index in [0.717, 1.165) is 24.8 Å². The molecule has 3 aromatic rings. The quantitative estimate of drug-likeness (QED) is 0.489. The standard InChI is InChI=1S/C23H23FN2O3/c1-3-5-16-6-8-17(9-7-16)22-25-14-19(15-26-22)29-23(27)20-11-10-18(13-21(20)24)28-12-4-2/h6-11,13-15H,3-5,12H2,1-2H3. The fourth-order valence-electron chi connectivity index (χ4n) is 2.76. The van der Waals surface area contributed by atoms with Crippen LogP contribution in [0.5, 0.6) is 11.5 Å². The molecule has 0 amide bonds. The van der Waals surface area contributed by atoms with Gasteiger partial charge in [0.1, 0.15) is 11.6 Å². The molecule has 1 aromatic heterocycles. The van der Waals surface area contributed by atoms with Gasteiger partial charge in [-0.15, -0.1) is 0 Å². The van der Waals surface area contributed by atoms with Crippen LogP contribution in [0.25, 0.3) is 11.4 Å². The zero-order chi connectivity index (χ0) is 20.6. The molecule has 2 aromatic carbocycles. The smallest absolute Gasteiger partial charge is 0.346 e. The molecule has 0 aliphatic carbocycles.